The SMILES string of the molecule is CCNC(=NCC1CCOC1)NC1CCN(C2CCCC2)C1. The Kier molecular flexibility index (Phi) is 5.96. The Morgan fingerprint density at radius 3 is 2.82 bits per heavy atom. The van der Waals surface area contributed by atoms with Gasteiger partial charge in [-0.1, -0.05) is 12.8 Å². The summed E-state index contributed by atoms with van der Waals surface area (Å²) in [5, 5.41) is 7.05. The number of rotatable bonds is 5. The molecule has 0 aromatic heterocycles. The van der Waals surface area contributed by atoms with Crippen LogP contribution in [-0.2, 0) is 4.74 Å². The van der Waals surface area contributed by atoms with Crippen LogP contribution in [0.4, 0.5) is 0 Å². The lowest BCUT2D eigenvalue weighted by molar-refractivity contribution is 0.187. The summed E-state index contributed by atoms with van der Waals surface area (Å²) in [7, 11) is 0. The third-order valence-corrected chi connectivity index (χ3v) is 5.28. The molecule has 1 aliphatic carbocycles. The van der Waals surface area contributed by atoms with E-state index in [1.165, 1.54) is 45.2 Å². The van der Waals surface area contributed by atoms with E-state index in [0.29, 0.717) is 12.0 Å². The zero-order chi connectivity index (χ0) is 15.2. The summed E-state index contributed by atoms with van der Waals surface area (Å²) in [5.41, 5.74) is 0. The smallest absolute Gasteiger partial charge is 0.191 e. The topological polar surface area (TPSA) is 48.9 Å². The number of nitrogens with one attached hydrogen (secondary N) is 2. The van der Waals surface area contributed by atoms with Gasteiger partial charge in [0.05, 0.1) is 6.61 Å². The maximum absolute atomic E-state index is 5.44. The van der Waals surface area contributed by atoms with Crippen LogP contribution in [0.25, 0.3) is 0 Å². The van der Waals surface area contributed by atoms with E-state index in [2.05, 4.69) is 22.5 Å². The minimum Gasteiger partial charge on any atom is -0.381 e. The van der Waals surface area contributed by atoms with Gasteiger partial charge in [-0.15, -0.1) is 0 Å². The Balaban J connectivity index is 1.46. The van der Waals surface area contributed by atoms with Crippen LogP contribution in [0.3, 0.4) is 0 Å². The molecular formula is C17H32N4O. The van der Waals surface area contributed by atoms with E-state index in [1.54, 1.807) is 0 Å². The lowest BCUT2D eigenvalue weighted by Gasteiger charge is -2.24. The molecule has 0 spiro atoms. The molecule has 2 atom stereocenters. The summed E-state index contributed by atoms with van der Waals surface area (Å²) >= 11 is 0. The van der Waals surface area contributed by atoms with Crippen LogP contribution in [-0.4, -0.2) is 62.3 Å². The number of aliphatic imine (C=N–C) groups is 1. The minimum atomic E-state index is 0.554. The van der Waals surface area contributed by atoms with Crippen molar-refractivity contribution >= 4 is 5.96 Å². The third-order valence-electron chi connectivity index (χ3n) is 5.28. The molecule has 1 saturated carbocycles. The van der Waals surface area contributed by atoms with Crippen molar-refractivity contribution in [1.82, 2.24) is 15.5 Å². The van der Waals surface area contributed by atoms with Crippen LogP contribution in [0.5, 0.6) is 0 Å². The highest BCUT2D eigenvalue weighted by Crippen LogP contribution is 2.26. The van der Waals surface area contributed by atoms with Gasteiger partial charge in [0.2, 0.25) is 0 Å². The van der Waals surface area contributed by atoms with Crippen LogP contribution in [0.1, 0.15) is 45.4 Å². The first-order valence-electron chi connectivity index (χ1n) is 9.21. The quantitative estimate of drug-likeness (QED) is 0.598. The molecule has 3 aliphatic rings. The molecule has 22 heavy (non-hydrogen) atoms. The third kappa shape index (κ3) is 4.35. The van der Waals surface area contributed by atoms with E-state index in [4.69, 9.17) is 9.73 Å². The van der Waals surface area contributed by atoms with Crippen molar-refractivity contribution < 1.29 is 4.74 Å². The molecule has 3 rings (SSSR count). The fourth-order valence-corrected chi connectivity index (χ4v) is 3.97. The Bertz CT molecular complexity index is 362. The molecule has 0 aromatic carbocycles. The maximum Gasteiger partial charge on any atom is 0.191 e. The normalized spacial score (nSPS) is 31.0. The fourth-order valence-electron chi connectivity index (χ4n) is 3.97. The van der Waals surface area contributed by atoms with Crippen molar-refractivity contribution in [3.63, 3.8) is 0 Å². The van der Waals surface area contributed by atoms with E-state index < -0.39 is 0 Å². The van der Waals surface area contributed by atoms with Gasteiger partial charge in [-0.3, -0.25) is 9.89 Å². The van der Waals surface area contributed by atoms with Crippen LogP contribution in [0, 0.1) is 5.92 Å². The largest absolute Gasteiger partial charge is 0.381 e. The van der Waals surface area contributed by atoms with E-state index in [9.17, 15) is 0 Å². The minimum absolute atomic E-state index is 0.554. The summed E-state index contributed by atoms with van der Waals surface area (Å²) in [6, 6.07) is 1.40. The molecule has 2 heterocycles. The first-order valence-corrected chi connectivity index (χ1v) is 9.21. The van der Waals surface area contributed by atoms with Crippen LogP contribution < -0.4 is 10.6 Å². The van der Waals surface area contributed by atoms with Crippen molar-refractivity contribution in [1.29, 1.82) is 0 Å². The van der Waals surface area contributed by atoms with Gasteiger partial charge in [0.25, 0.3) is 0 Å². The van der Waals surface area contributed by atoms with Gasteiger partial charge in [-0.05, 0) is 32.6 Å². The maximum atomic E-state index is 5.44. The lowest BCUT2D eigenvalue weighted by atomic mass is 10.1. The number of guanidine groups is 1. The number of ether oxygens (including phenoxy) is 1. The average molecular weight is 308 g/mol. The Morgan fingerprint density at radius 1 is 1.23 bits per heavy atom. The monoisotopic (exact) mass is 308 g/mol. The van der Waals surface area contributed by atoms with Crippen LogP contribution in [0.15, 0.2) is 4.99 Å². The summed E-state index contributed by atoms with van der Waals surface area (Å²) in [4.78, 5) is 7.47. The number of nitrogens with zero attached hydrogens (tertiary/aromatic N) is 2. The fraction of sp³-hybridized carbons (Fsp3) is 0.941. The molecule has 2 unspecified atom stereocenters. The summed E-state index contributed by atoms with van der Waals surface area (Å²) in [6.07, 6.45) is 8.06. The van der Waals surface area contributed by atoms with Crippen molar-refractivity contribution in [2.75, 3.05) is 39.4 Å². The second kappa shape index (κ2) is 8.16. The molecule has 2 saturated heterocycles. The van der Waals surface area contributed by atoms with E-state index in [1.807, 2.05) is 0 Å². The molecule has 2 N–H and O–H groups in total. The average Bonchev–Trinajstić information content (AvgIpc) is 3.26. The molecule has 3 fully saturated rings. The predicted molar refractivity (Wildman–Crippen MR) is 90.3 cm³/mol. The molecule has 5 nitrogen and oxygen atoms in total. The van der Waals surface area contributed by atoms with Crippen molar-refractivity contribution in [3.05, 3.63) is 0 Å². The standard InChI is InChI=1S/C17H32N4O/c1-2-18-17(19-11-14-8-10-22-13-14)20-15-7-9-21(12-15)16-5-3-4-6-16/h14-16H,2-13H2,1H3,(H2,18,19,20). The number of hydrogen-bond acceptors (Lipinski definition) is 3. The number of likely N-dealkylation sites (tertiary alicyclic amines) is 1. The molecule has 0 aromatic rings. The molecule has 0 bridgehead atoms. The highest BCUT2D eigenvalue weighted by Gasteiger charge is 2.30. The molecule has 0 radical (unpaired) electrons. The lowest BCUT2D eigenvalue weighted by Crippen LogP contribution is -2.45. The van der Waals surface area contributed by atoms with Gasteiger partial charge >= 0.3 is 0 Å². The second-order valence-corrected chi connectivity index (χ2v) is 7.01. The Labute approximate surface area is 134 Å². The summed E-state index contributed by atoms with van der Waals surface area (Å²) in [5.74, 6) is 1.60. The van der Waals surface area contributed by atoms with E-state index >= 15 is 0 Å². The highest BCUT2D eigenvalue weighted by atomic mass is 16.5. The zero-order valence-electron chi connectivity index (χ0n) is 14.0. The molecule has 5 heteroatoms. The zero-order valence-corrected chi connectivity index (χ0v) is 14.0. The number of hydrogen-bond donors (Lipinski definition) is 2. The van der Waals surface area contributed by atoms with Gasteiger partial charge in [0, 0.05) is 50.8 Å². The van der Waals surface area contributed by atoms with Gasteiger partial charge < -0.3 is 15.4 Å². The molecule has 2 aliphatic heterocycles. The van der Waals surface area contributed by atoms with Crippen LogP contribution in [0.2, 0.25) is 0 Å². The van der Waals surface area contributed by atoms with Gasteiger partial charge in [-0.2, -0.15) is 0 Å². The van der Waals surface area contributed by atoms with E-state index in [-0.39, 0.29) is 0 Å². The predicted octanol–water partition coefficient (Wildman–Crippen LogP) is 1.59. The Morgan fingerprint density at radius 2 is 2.09 bits per heavy atom. The first-order chi connectivity index (χ1) is 10.8. The van der Waals surface area contributed by atoms with Gasteiger partial charge in [-0.25, -0.2) is 0 Å². The van der Waals surface area contributed by atoms with Crippen molar-refractivity contribution in [3.8, 4) is 0 Å². The summed E-state index contributed by atoms with van der Waals surface area (Å²) in [6.45, 7) is 8.15. The summed E-state index contributed by atoms with van der Waals surface area (Å²) < 4.78 is 5.44. The van der Waals surface area contributed by atoms with Crippen LogP contribution >= 0.6 is 0 Å². The molecule has 126 valence electrons. The van der Waals surface area contributed by atoms with Gasteiger partial charge in [0.1, 0.15) is 0 Å². The van der Waals surface area contributed by atoms with Crippen molar-refractivity contribution in [2.24, 2.45) is 10.9 Å². The molecular weight excluding hydrogens is 276 g/mol. The Hall–Kier alpha value is -0.810. The van der Waals surface area contributed by atoms with E-state index in [0.717, 1.165) is 44.7 Å². The molecule has 0 amide bonds. The highest BCUT2D eigenvalue weighted by molar-refractivity contribution is 5.80. The van der Waals surface area contributed by atoms with Gasteiger partial charge in [0.15, 0.2) is 5.96 Å². The second-order valence-electron chi connectivity index (χ2n) is 7.01. The first kappa shape index (κ1) is 16.1. The van der Waals surface area contributed by atoms with Crippen molar-refractivity contribution in [2.45, 2.75) is 57.5 Å².